The number of nitrogens with zero attached hydrogens (tertiary/aromatic N) is 4. The van der Waals surface area contributed by atoms with Gasteiger partial charge in [0, 0.05) is 17.3 Å². The second-order valence-corrected chi connectivity index (χ2v) is 7.76. The molecule has 0 amide bonds. The van der Waals surface area contributed by atoms with E-state index in [2.05, 4.69) is 20.2 Å². The van der Waals surface area contributed by atoms with Crippen molar-refractivity contribution in [1.29, 1.82) is 0 Å². The summed E-state index contributed by atoms with van der Waals surface area (Å²) in [5.74, 6) is -0.220. The molecular weight excluding hydrogens is 438 g/mol. The fourth-order valence-corrected chi connectivity index (χ4v) is 3.73. The van der Waals surface area contributed by atoms with Gasteiger partial charge in [-0.2, -0.15) is 18.3 Å². The van der Waals surface area contributed by atoms with Gasteiger partial charge in [0.05, 0.1) is 40.8 Å². The molecule has 0 aliphatic carbocycles. The van der Waals surface area contributed by atoms with E-state index in [0.29, 0.717) is 22.5 Å². The molecule has 5 aromatic rings. The van der Waals surface area contributed by atoms with Crippen LogP contribution in [0.1, 0.15) is 19.5 Å². The zero-order valence-corrected chi connectivity index (χ0v) is 17.5. The molecule has 6 nitrogen and oxygen atoms in total. The van der Waals surface area contributed by atoms with Crippen molar-refractivity contribution in [3.05, 3.63) is 66.5 Å². The van der Waals surface area contributed by atoms with Gasteiger partial charge in [-0.05, 0) is 38.1 Å². The number of aromatic amines is 1. The average molecular weight is 455 g/mol. The maximum absolute atomic E-state index is 15.3. The van der Waals surface area contributed by atoms with Gasteiger partial charge in [0.15, 0.2) is 11.3 Å². The first-order valence-corrected chi connectivity index (χ1v) is 10.1. The van der Waals surface area contributed by atoms with E-state index in [1.54, 1.807) is 24.3 Å². The third-order valence-corrected chi connectivity index (χ3v) is 5.09. The van der Waals surface area contributed by atoms with E-state index in [4.69, 9.17) is 4.74 Å². The van der Waals surface area contributed by atoms with Gasteiger partial charge < -0.3 is 4.74 Å². The summed E-state index contributed by atoms with van der Waals surface area (Å²) < 4.78 is 63.9. The van der Waals surface area contributed by atoms with E-state index in [1.165, 1.54) is 35.1 Å². The van der Waals surface area contributed by atoms with E-state index in [9.17, 15) is 13.2 Å². The largest absolute Gasteiger partial charge is 0.491 e. The van der Waals surface area contributed by atoms with Crippen molar-refractivity contribution < 1.29 is 22.3 Å². The van der Waals surface area contributed by atoms with Crippen molar-refractivity contribution in [1.82, 2.24) is 24.6 Å². The van der Waals surface area contributed by atoms with E-state index < -0.39 is 23.4 Å². The zero-order chi connectivity index (χ0) is 23.3. The van der Waals surface area contributed by atoms with Crippen LogP contribution in [0, 0.1) is 5.82 Å². The number of aromatic nitrogens is 5. The lowest BCUT2D eigenvalue weighted by Gasteiger charge is -2.12. The predicted octanol–water partition coefficient (Wildman–Crippen LogP) is 5.88. The summed E-state index contributed by atoms with van der Waals surface area (Å²) in [6, 6.07) is 9.82. The van der Waals surface area contributed by atoms with E-state index in [-0.39, 0.29) is 22.7 Å². The minimum atomic E-state index is -4.80. The van der Waals surface area contributed by atoms with Crippen molar-refractivity contribution in [3.63, 3.8) is 0 Å². The van der Waals surface area contributed by atoms with Crippen LogP contribution in [0.15, 0.2) is 55.0 Å². The Kier molecular flexibility index (Phi) is 4.80. The summed E-state index contributed by atoms with van der Waals surface area (Å²) in [5.41, 5.74) is -0.498. The third kappa shape index (κ3) is 3.67. The van der Waals surface area contributed by atoms with Crippen LogP contribution in [-0.4, -0.2) is 30.7 Å². The molecule has 0 saturated heterocycles. The number of halogens is 4. The van der Waals surface area contributed by atoms with E-state index >= 15 is 4.39 Å². The Hall–Kier alpha value is -3.95. The van der Waals surface area contributed by atoms with Gasteiger partial charge in [-0.3, -0.25) is 14.5 Å². The van der Waals surface area contributed by atoms with Gasteiger partial charge in [0.25, 0.3) is 0 Å². The predicted molar refractivity (Wildman–Crippen MR) is 114 cm³/mol. The molecule has 0 bridgehead atoms. The summed E-state index contributed by atoms with van der Waals surface area (Å²) in [7, 11) is 0. The first-order valence-electron chi connectivity index (χ1n) is 10.1. The molecule has 0 fully saturated rings. The molecule has 0 radical (unpaired) electrons. The normalized spacial score (nSPS) is 12.2. The van der Waals surface area contributed by atoms with Crippen LogP contribution >= 0.6 is 0 Å². The number of nitrogens with one attached hydrogen (secondary N) is 1. The molecule has 33 heavy (non-hydrogen) atoms. The van der Waals surface area contributed by atoms with Crippen LogP contribution in [0.4, 0.5) is 17.6 Å². The number of imidazole rings is 1. The summed E-state index contributed by atoms with van der Waals surface area (Å²) >= 11 is 0. The van der Waals surface area contributed by atoms with Crippen LogP contribution in [0.2, 0.25) is 0 Å². The Morgan fingerprint density at radius 2 is 1.91 bits per heavy atom. The number of benzene rings is 2. The average Bonchev–Trinajstić information content (AvgIpc) is 3.38. The molecule has 10 heteroatoms. The highest BCUT2D eigenvalue weighted by Crippen LogP contribution is 2.39. The van der Waals surface area contributed by atoms with Crippen molar-refractivity contribution in [2.75, 3.05) is 0 Å². The lowest BCUT2D eigenvalue weighted by atomic mass is 10.1. The standard InChI is InChI=1S/C23H17F4N5O/c1-12(2)33-14-5-3-4-13(8-14)18-11-32-19(10-28-18)30-22(23(25,26)27)21(32)15-6-7-17-16(20(15)24)9-29-31-17/h3-12H,1-2H3,(H,29,31). The maximum atomic E-state index is 15.3. The number of ether oxygens (including phenoxy) is 1. The molecule has 0 unspecified atom stereocenters. The van der Waals surface area contributed by atoms with Gasteiger partial charge >= 0.3 is 6.18 Å². The molecule has 0 saturated carbocycles. The summed E-state index contributed by atoms with van der Waals surface area (Å²) in [6.45, 7) is 3.78. The van der Waals surface area contributed by atoms with Gasteiger partial charge in [-0.15, -0.1) is 0 Å². The maximum Gasteiger partial charge on any atom is 0.435 e. The molecule has 3 heterocycles. The van der Waals surface area contributed by atoms with E-state index in [1.807, 2.05) is 13.8 Å². The highest BCUT2D eigenvalue weighted by Gasteiger charge is 2.39. The number of fused-ring (bicyclic) bond motifs is 2. The Morgan fingerprint density at radius 1 is 1.09 bits per heavy atom. The van der Waals surface area contributed by atoms with Crippen LogP contribution in [0.25, 0.3) is 39.1 Å². The first kappa shape index (κ1) is 20.9. The Labute approximate surface area is 184 Å². The number of hydrogen-bond donors (Lipinski definition) is 1. The Balaban J connectivity index is 1.74. The molecule has 0 aliphatic heterocycles. The van der Waals surface area contributed by atoms with Crippen molar-refractivity contribution >= 4 is 16.6 Å². The van der Waals surface area contributed by atoms with Gasteiger partial charge in [0.2, 0.25) is 0 Å². The fourth-order valence-electron chi connectivity index (χ4n) is 3.73. The lowest BCUT2D eigenvalue weighted by molar-refractivity contribution is -0.140. The van der Waals surface area contributed by atoms with Crippen molar-refractivity contribution in [3.8, 4) is 28.3 Å². The topological polar surface area (TPSA) is 68.1 Å². The number of H-pyrrole nitrogens is 1. The van der Waals surface area contributed by atoms with Crippen LogP contribution in [0.3, 0.4) is 0 Å². The van der Waals surface area contributed by atoms with Crippen LogP contribution in [0.5, 0.6) is 5.75 Å². The van der Waals surface area contributed by atoms with Gasteiger partial charge in [0.1, 0.15) is 11.6 Å². The minimum absolute atomic E-state index is 0.0499. The SMILES string of the molecule is CC(C)Oc1cccc(-c2cn3c(-c4ccc5[nH]ncc5c4F)c(C(F)(F)F)nc3cn2)c1. The number of hydrogen-bond acceptors (Lipinski definition) is 4. The highest BCUT2D eigenvalue weighted by molar-refractivity contribution is 5.85. The highest BCUT2D eigenvalue weighted by atomic mass is 19.4. The lowest BCUT2D eigenvalue weighted by Crippen LogP contribution is -2.08. The molecule has 1 N–H and O–H groups in total. The molecule has 2 aromatic carbocycles. The molecule has 168 valence electrons. The Morgan fingerprint density at radius 3 is 2.67 bits per heavy atom. The molecule has 0 aliphatic rings. The summed E-state index contributed by atoms with van der Waals surface area (Å²) in [6.07, 6.45) is -0.966. The van der Waals surface area contributed by atoms with Gasteiger partial charge in [-0.1, -0.05) is 12.1 Å². The molecule has 0 spiro atoms. The fraction of sp³-hybridized carbons (Fsp3) is 0.174. The van der Waals surface area contributed by atoms with E-state index in [0.717, 1.165) is 0 Å². The minimum Gasteiger partial charge on any atom is -0.491 e. The monoisotopic (exact) mass is 455 g/mol. The molecule has 0 atom stereocenters. The van der Waals surface area contributed by atoms with Crippen LogP contribution in [-0.2, 0) is 6.18 Å². The van der Waals surface area contributed by atoms with Crippen molar-refractivity contribution in [2.45, 2.75) is 26.1 Å². The molecule has 3 aromatic heterocycles. The number of alkyl halides is 3. The zero-order valence-electron chi connectivity index (χ0n) is 17.5. The number of rotatable bonds is 4. The third-order valence-electron chi connectivity index (χ3n) is 5.09. The second-order valence-electron chi connectivity index (χ2n) is 7.76. The Bertz CT molecular complexity index is 1490. The quantitative estimate of drug-likeness (QED) is 0.344. The molecular formula is C23H17F4N5O. The van der Waals surface area contributed by atoms with Crippen molar-refractivity contribution in [2.24, 2.45) is 0 Å². The summed E-state index contributed by atoms with van der Waals surface area (Å²) in [5, 5.41) is 6.46. The van der Waals surface area contributed by atoms with Gasteiger partial charge in [-0.25, -0.2) is 9.37 Å². The second kappa shape index (κ2) is 7.58. The smallest absolute Gasteiger partial charge is 0.435 e. The van der Waals surface area contributed by atoms with Crippen LogP contribution < -0.4 is 4.74 Å². The summed E-state index contributed by atoms with van der Waals surface area (Å²) in [4.78, 5) is 8.00. The molecule has 5 rings (SSSR count). The first-order chi connectivity index (χ1) is 15.7.